The lowest BCUT2D eigenvalue weighted by atomic mass is 9.98. The van der Waals surface area contributed by atoms with Crippen molar-refractivity contribution in [1.29, 1.82) is 5.26 Å². The third-order valence-electron chi connectivity index (χ3n) is 3.75. The average molecular weight is 346 g/mol. The van der Waals surface area contributed by atoms with Gasteiger partial charge >= 0.3 is 6.18 Å². The Morgan fingerprint density at radius 2 is 2.09 bits per heavy atom. The van der Waals surface area contributed by atoms with Crippen LogP contribution in [-0.4, -0.2) is 18.0 Å². The van der Waals surface area contributed by atoms with Crippen molar-refractivity contribution < 1.29 is 18.0 Å². The van der Waals surface area contributed by atoms with Gasteiger partial charge in [-0.15, -0.1) is 0 Å². The standard InChI is InChI=1S/C15H15ClF3N3O/c1-14(8-20,9-2-3-9)22-13(23)7-21-10-4-5-12(16)11(6-10)15(17,18)19/h4-6,9,21H,2-3,7H2,1H3,(H,22,23). The summed E-state index contributed by atoms with van der Waals surface area (Å²) in [6, 6.07) is 5.40. The predicted octanol–water partition coefficient (Wildman–Crippen LogP) is 3.58. The first-order valence-electron chi connectivity index (χ1n) is 6.98. The van der Waals surface area contributed by atoms with Crippen LogP contribution >= 0.6 is 11.6 Å². The molecule has 1 unspecified atom stereocenters. The molecule has 0 heterocycles. The molecule has 1 aliphatic rings. The number of hydrogen-bond donors (Lipinski definition) is 2. The van der Waals surface area contributed by atoms with Gasteiger partial charge < -0.3 is 10.6 Å². The molecule has 1 fully saturated rings. The van der Waals surface area contributed by atoms with Crippen LogP contribution < -0.4 is 10.6 Å². The van der Waals surface area contributed by atoms with Gasteiger partial charge in [-0.3, -0.25) is 4.79 Å². The summed E-state index contributed by atoms with van der Waals surface area (Å²) in [7, 11) is 0. The van der Waals surface area contributed by atoms with E-state index in [1.807, 2.05) is 0 Å². The highest BCUT2D eigenvalue weighted by atomic mass is 35.5. The van der Waals surface area contributed by atoms with E-state index in [1.54, 1.807) is 6.92 Å². The van der Waals surface area contributed by atoms with Crippen LogP contribution in [0.2, 0.25) is 5.02 Å². The van der Waals surface area contributed by atoms with Gasteiger partial charge in [0.25, 0.3) is 0 Å². The summed E-state index contributed by atoms with van der Waals surface area (Å²) in [5, 5.41) is 14.0. The average Bonchev–Trinajstić information content (AvgIpc) is 3.30. The summed E-state index contributed by atoms with van der Waals surface area (Å²) in [5.74, 6) is -0.326. The van der Waals surface area contributed by atoms with Crippen molar-refractivity contribution in [2.75, 3.05) is 11.9 Å². The summed E-state index contributed by atoms with van der Waals surface area (Å²) in [4.78, 5) is 11.9. The van der Waals surface area contributed by atoms with E-state index in [1.165, 1.54) is 6.07 Å². The highest BCUT2D eigenvalue weighted by Gasteiger charge is 2.42. The molecule has 23 heavy (non-hydrogen) atoms. The summed E-state index contributed by atoms with van der Waals surface area (Å²) >= 11 is 5.53. The van der Waals surface area contributed by atoms with Crippen LogP contribution in [0.4, 0.5) is 18.9 Å². The maximum Gasteiger partial charge on any atom is 0.417 e. The van der Waals surface area contributed by atoms with Crippen molar-refractivity contribution in [2.24, 2.45) is 5.92 Å². The molecule has 1 aromatic rings. The first-order chi connectivity index (χ1) is 10.7. The van der Waals surface area contributed by atoms with Crippen molar-refractivity contribution in [1.82, 2.24) is 5.32 Å². The molecule has 1 aromatic carbocycles. The molecule has 0 bridgehead atoms. The Bertz CT molecular complexity index is 652. The van der Waals surface area contributed by atoms with Crippen molar-refractivity contribution in [3.8, 4) is 6.07 Å². The van der Waals surface area contributed by atoms with Crippen LogP contribution in [0.5, 0.6) is 0 Å². The van der Waals surface area contributed by atoms with Crippen molar-refractivity contribution >= 4 is 23.2 Å². The molecule has 2 rings (SSSR count). The van der Waals surface area contributed by atoms with Gasteiger partial charge in [-0.1, -0.05) is 11.6 Å². The molecule has 0 saturated heterocycles. The number of amides is 1. The topological polar surface area (TPSA) is 64.9 Å². The highest BCUT2D eigenvalue weighted by Crippen LogP contribution is 2.39. The van der Waals surface area contributed by atoms with E-state index >= 15 is 0 Å². The maximum absolute atomic E-state index is 12.8. The van der Waals surface area contributed by atoms with Crippen molar-refractivity contribution in [2.45, 2.75) is 31.5 Å². The van der Waals surface area contributed by atoms with Crippen LogP contribution in [0.1, 0.15) is 25.3 Å². The first kappa shape index (κ1) is 17.4. The molecule has 1 atom stereocenters. The quantitative estimate of drug-likeness (QED) is 0.857. The second-order valence-corrected chi connectivity index (χ2v) is 6.09. The van der Waals surface area contributed by atoms with E-state index < -0.39 is 28.2 Å². The van der Waals surface area contributed by atoms with Crippen molar-refractivity contribution in [3.05, 3.63) is 28.8 Å². The lowest BCUT2D eigenvalue weighted by Gasteiger charge is -2.23. The SMILES string of the molecule is CC(C#N)(NC(=O)CNc1ccc(Cl)c(C(F)(F)F)c1)C1CC1. The van der Waals surface area contributed by atoms with Gasteiger partial charge in [0.1, 0.15) is 5.54 Å². The van der Waals surface area contributed by atoms with E-state index in [0.29, 0.717) is 0 Å². The lowest BCUT2D eigenvalue weighted by molar-refractivity contribution is -0.137. The number of anilines is 1. The number of nitriles is 1. The molecule has 4 nitrogen and oxygen atoms in total. The monoisotopic (exact) mass is 345 g/mol. The first-order valence-corrected chi connectivity index (χ1v) is 7.36. The lowest BCUT2D eigenvalue weighted by Crippen LogP contribution is -2.48. The fraction of sp³-hybridized carbons (Fsp3) is 0.467. The number of rotatable bonds is 5. The second-order valence-electron chi connectivity index (χ2n) is 5.68. The van der Waals surface area contributed by atoms with Gasteiger partial charge in [0.15, 0.2) is 0 Å². The number of alkyl halides is 3. The van der Waals surface area contributed by atoms with Gasteiger partial charge in [0.2, 0.25) is 5.91 Å². The Balaban J connectivity index is 1.98. The Labute approximate surface area is 136 Å². The molecule has 0 spiro atoms. The van der Waals surface area contributed by atoms with Crippen LogP contribution in [-0.2, 0) is 11.0 Å². The molecule has 0 aromatic heterocycles. The maximum atomic E-state index is 12.8. The van der Waals surface area contributed by atoms with Crippen LogP contribution in [0.15, 0.2) is 18.2 Å². The molecular weight excluding hydrogens is 331 g/mol. The third-order valence-corrected chi connectivity index (χ3v) is 4.08. The Morgan fingerprint density at radius 1 is 1.43 bits per heavy atom. The van der Waals surface area contributed by atoms with Gasteiger partial charge in [0, 0.05) is 5.69 Å². The van der Waals surface area contributed by atoms with Crippen molar-refractivity contribution in [3.63, 3.8) is 0 Å². The summed E-state index contributed by atoms with van der Waals surface area (Å²) < 4.78 is 38.3. The molecular formula is C15H15ClF3N3O. The molecule has 0 radical (unpaired) electrons. The largest absolute Gasteiger partial charge is 0.417 e. The normalized spacial score (nSPS) is 17.0. The van der Waals surface area contributed by atoms with Gasteiger partial charge in [-0.05, 0) is 43.9 Å². The van der Waals surface area contributed by atoms with Gasteiger partial charge in [-0.2, -0.15) is 18.4 Å². The number of nitrogens with zero attached hydrogens (tertiary/aromatic N) is 1. The van der Waals surface area contributed by atoms with Crippen LogP contribution in [0, 0.1) is 17.2 Å². The molecule has 124 valence electrons. The van der Waals surface area contributed by atoms with Gasteiger partial charge in [-0.25, -0.2) is 0 Å². The van der Waals surface area contributed by atoms with Crippen LogP contribution in [0.3, 0.4) is 0 Å². The molecule has 8 heteroatoms. The minimum atomic E-state index is -4.57. The zero-order chi connectivity index (χ0) is 17.3. The summed E-state index contributed by atoms with van der Waals surface area (Å²) in [5.41, 5.74) is -1.78. The van der Waals surface area contributed by atoms with Gasteiger partial charge in [0.05, 0.1) is 23.2 Å². The molecule has 1 aliphatic carbocycles. The molecule has 0 aliphatic heterocycles. The number of halogens is 4. The van der Waals surface area contributed by atoms with E-state index in [2.05, 4.69) is 16.7 Å². The highest BCUT2D eigenvalue weighted by molar-refractivity contribution is 6.31. The summed E-state index contributed by atoms with van der Waals surface area (Å²) in [6.45, 7) is 1.41. The number of carbonyl (C=O) groups is 1. The fourth-order valence-corrected chi connectivity index (χ4v) is 2.48. The smallest absolute Gasteiger partial charge is 0.376 e. The molecule has 1 amide bonds. The number of carbonyl (C=O) groups excluding carboxylic acids is 1. The zero-order valence-electron chi connectivity index (χ0n) is 12.3. The second kappa shape index (κ2) is 6.28. The van der Waals surface area contributed by atoms with E-state index in [9.17, 15) is 18.0 Å². The van der Waals surface area contributed by atoms with E-state index in [-0.39, 0.29) is 18.2 Å². The predicted molar refractivity (Wildman–Crippen MR) is 79.8 cm³/mol. The molecule has 1 saturated carbocycles. The number of hydrogen-bond acceptors (Lipinski definition) is 3. The minimum Gasteiger partial charge on any atom is -0.376 e. The Hall–Kier alpha value is -1.94. The number of nitrogens with one attached hydrogen (secondary N) is 2. The summed E-state index contributed by atoms with van der Waals surface area (Å²) in [6.07, 6.45) is -2.81. The van der Waals surface area contributed by atoms with Crippen LogP contribution in [0.25, 0.3) is 0 Å². The number of benzene rings is 1. The minimum absolute atomic E-state index is 0.127. The third kappa shape index (κ3) is 4.29. The Morgan fingerprint density at radius 3 is 2.61 bits per heavy atom. The van der Waals surface area contributed by atoms with E-state index in [4.69, 9.17) is 16.9 Å². The fourth-order valence-electron chi connectivity index (χ4n) is 2.25. The zero-order valence-corrected chi connectivity index (χ0v) is 13.1. The van der Waals surface area contributed by atoms with E-state index in [0.717, 1.165) is 25.0 Å². The molecule has 2 N–H and O–H groups in total. The Kier molecular flexibility index (Phi) is 4.76.